The molecule has 1 atom stereocenters. The van der Waals surface area contributed by atoms with Gasteiger partial charge in [-0.25, -0.2) is 4.98 Å². The van der Waals surface area contributed by atoms with E-state index >= 15 is 0 Å². The number of hydrogen-bond acceptors (Lipinski definition) is 4. The lowest BCUT2D eigenvalue weighted by molar-refractivity contribution is -0.112. The monoisotopic (exact) mass is 262 g/mol. The molecule has 96 valence electrons. The Balaban J connectivity index is 2.28. The van der Waals surface area contributed by atoms with Crippen molar-refractivity contribution in [3.63, 3.8) is 0 Å². The molecule has 1 aromatic rings. The van der Waals surface area contributed by atoms with Crippen molar-refractivity contribution in [2.75, 3.05) is 5.73 Å². The normalized spacial score (nSPS) is 18.2. The molecule has 4 heteroatoms. The van der Waals surface area contributed by atoms with Crippen LogP contribution in [-0.2, 0) is 17.6 Å². The molecule has 1 aliphatic rings. The fraction of sp³-hybridized carbons (Fsp3) is 0.429. The summed E-state index contributed by atoms with van der Waals surface area (Å²) in [6, 6.07) is 2.01. The Kier molecular flexibility index (Phi) is 3.76. The van der Waals surface area contributed by atoms with Gasteiger partial charge in [-0.15, -0.1) is 0 Å². The minimum atomic E-state index is -0.0347. The number of nitrogens with zero attached hydrogens (tertiary/aromatic N) is 1. The van der Waals surface area contributed by atoms with E-state index in [1.54, 1.807) is 0 Å². The largest absolute Gasteiger partial charge is 0.397 e. The van der Waals surface area contributed by atoms with Crippen LogP contribution in [0.3, 0.4) is 0 Å². The summed E-state index contributed by atoms with van der Waals surface area (Å²) in [7, 11) is 0. The molecular formula is C14H18N2OS. The molecule has 0 bridgehead atoms. The lowest BCUT2D eigenvalue weighted by atomic mass is 9.88. The van der Waals surface area contributed by atoms with E-state index < -0.39 is 0 Å². The van der Waals surface area contributed by atoms with Gasteiger partial charge >= 0.3 is 0 Å². The Morgan fingerprint density at radius 2 is 2.33 bits per heavy atom. The number of aryl methyl sites for hydroxylation is 1. The summed E-state index contributed by atoms with van der Waals surface area (Å²) in [5, 5.41) is 0.712. The molecule has 1 heterocycles. The van der Waals surface area contributed by atoms with Crippen molar-refractivity contribution in [1.29, 1.82) is 0 Å². The summed E-state index contributed by atoms with van der Waals surface area (Å²) in [5.41, 5.74) is 9.03. The van der Waals surface area contributed by atoms with E-state index in [1.165, 1.54) is 30.7 Å². The first-order valence-corrected chi connectivity index (χ1v) is 6.95. The first kappa shape index (κ1) is 13.1. The number of nitrogen functional groups attached to an aromatic ring is 1. The van der Waals surface area contributed by atoms with Gasteiger partial charge in [0, 0.05) is 10.6 Å². The topological polar surface area (TPSA) is 56.0 Å². The molecule has 0 aliphatic heterocycles. The zero-order valence-corrected chi connectivity index (χ0v) is 11.6. The number of thioether (sulfide) groups is 1. The van der Waals surface area contributed by atoms with Crippen molar-refractivity contribution in [2.24, 2.45) is 5.92 Å². The fourth-order valence-electron chi connectivity index (χ4n) is 2.12. The van der Waals surface area contributed by atoms with Crippen molar-refractivity contribution < 1.29 is 4.79 Å². The maximum Gasteiger partial charge on any atom is 0.165 e. The summed E-state index contributed by atoms with van der Waals surface area (Å²) in [6.07, 6.45) is 3.21. The van der Waals surface area contributed by atoms with Crippen LogP contribution in [0, 0.1) is 5.92 Å². The van der Waals surface area contributed by atoms with E-state index in [-0.39, 0.29) is 5.78 Å². The zero-order chi connectivity index (χ0) is 13.3. The van der Waals surface area contributed by atoms with Gasteiger partial charge in [0.1, 0.15) is 5.03 Å². The average Bonchev–Trinajstić information content (AvgIpc) is 2.30. The second-order valence-electron chi connectivity index (χ2n) is 4.92. The molecule has 0 amide bonds. The van der Waals surface area contributed by atoms with Crippen LogP contribution < -0.4 is 5.73 Å². The van der Waals surface area contributed by atoms with E-state index in [2.05, 4.69) is 18.5 Å². The van der Waals surface area contributed by atoms with Gasteiger partial charge in [0.2, 0.25) is 0 Å². The summed E-state index contributed by atoms with van der Waals surface area (Å²) in [4.78, 5) is 16.3. The van der Waals surface area contributed by atoms with Gasteiger partial charge in [0.25, 0.3) is 0 Å². The van der Waals surface area contributed by atoms with Gasteiger partial charge in [-0.05, 0) is 43.7 Å². The van der Waals surface area contributed by atoms with Crippen LogP contribution in [0.1, 0.15) is 31.5 Å². The van der Waals surface area contributed by atoms with Crippen LogP contribution >= 0.6 is 11.8 Å². The third kappa shape index (κ3) is 2.75. The van der Waals surface area contributed by atoms with Crippen LogP contribution in [0.5, 0.6) is 0 Å². The van der Waals surface area contributed by atoms with Gasteiger partial charge in [-0.3, -0.25) is 4.79 Å². The van der Waals surface area contributed by atoms with Crippen molar-refractivity contribution in [1.82, 2.24) is 4.98 Å². The number of pyridine rings is 1. The molecule has 0 unspecified atom stereocenters. The van der Waals surface area contributed by atoms with Gasteiger partial charge in [0.15, 0.2) is 5.78 Å². The number of aromatic nitrogens is 1. The Hall–Kier alpha value is -1.29. The van der Waals surface area contributed by atoms with E-state index in [4.69, 9.17) is 5.73 Å². The molecule has 0 saturated carbocycles. The number of carbonyl (C=O) groups is 1. The number of ketones is 1. The van der Waals surface area contributed by atoms with E-state index in [0.29, 0.717) is 21.5 Å². The van der Waals surface area contributed by atoms with Crippen LogP contribution in [0.25, 0.3) is 0 Å². The summed E-state index contributed by atoms with van der Waals surface area (Å²) >= 11 is 1.27. The number of anilines is 1. The second kappa shape index (κ2) is 5.14. The van der Waals surface area contributed by atoms with Crippen LogP contribution in [-0.4, -0.2) is 10.8 Å². The van der Waals surface area contributed by atoms with Gasteiger partial charge < -0.3 is 5.73 Å². The van der Waals surface area contributed by atoms with Gasteiger partial charge in [-0.2, -0.15) is 0 Å². The number of carbonyl (C=O) groups excluding carboxylic acids is 1. The zero-order valence-electron chi connectivity index (χ0n) is 10.8. The summed E-state index contributed by atoms with van der Waals surface area (Å²) in [6.45, 7) is 7.49. The molecule has 0 fully saturated rings. The first-order chi connectivity index (χ1) is 8.47. The van der Waals surface area contributed by atoms with E-state index in [9.17, 15) is 4.79 Å². The number of hydrogen-bond donors (Lipinski definition) is 1. The number of Topliss-reactive ketones (excluding diaryl/α,β-unsaturated/α-hetero) is 1. The maximum absolute atomic E-state index is 11.2. The van der Waals surface area contributed by atoms with E-state index in [0.717, 1.165) is 18.5 Å². The highest BCUT2D eigenvalue weighted by Gasteiger charge is 2.19. The summed E-state index contributed by atoms with van der Waals surface area (Å²) in [5.74, 6) is 0.664. The smallest absolute Gasteiger partial charge is 0.165 e. The van der Waals surface area contributed by atoms with Gasteiger partial charge in [0.05, 0.1) is 5.69 Å². The number of nitrogens with two attached hydrogens (primary N) is 1. The molecule has 0 aromatic carbocycles. The Bertz CT molecular complexity index is 511. The van der Waals surface area contributed by atoms with Gasteiger partial charge in [-0.1, -0.05) is 25.3 Å². The molecule has 18 heavy (non-hydrogen) atoms. The lowest BCUT2D eigenvalue weighted by Crippen LogP contribution is -2.14. The highest BCUT2D eigenvalue weighted by atomic mass is 32.2. The standard InChI is InChI=1S/C14H18N2OS/c1-8-4-5-13-11(6-8)7-12(15)14(16-13)18-10(3)9(2)17/h7-8H,3-6,15H2,1-2H3/t8-/m0/s1. The van der Waals surface area contributed by atoms with Crippen LogP contribution in [0.2, 0.25) is 0 Å². The third-order valence-electron chi connectivity index (χ3n) is 3.24. The maximum atomic E-state index is 11.2. The Morgan fingerprint density at radius 1 is 1.61 bits per heavy atom. The predicted molar refractivity (Wildman–Crippen MR) is 75.5 cm³/mol. The molecule has 0 saturated heterocycles. The van der Waals surface area contributed by atoms with E-state index in [1.807, 2.05) is 6.07 Å². The molecule has 3 nitrogen and oxygen atoms in total. The lowest BCUT2D eigenvalue weighted by Gasteiger charge is -2.21. The van der Waals surface area contributed by atoms with Crippen LogP contribution in [0.15, 0.2) is 22.6 Å². The first-order valence-electron chi connectivity index (χ1n) is 6.13. The third-order valence-corrected chi connectivity index (χ3v) is 4.29. The highest BCUT2D eigenvalue weighted by Crippen LogP contribution is 2.33. The molecule has 2 N–H and O–H groups in total. The Labute approximate surface area is 112 Å². The van der Waals surface area contributed by atoms with Crippen molar-refractivity contribution >= 4 is 23.2 Å². The van der Waals surface area contributed by atoms with Crippen LogP contribution in [0.4, 0.5) is 5.69 Å². The minimum Gasteiger partial charge on any atom is -0.397 e. The highest BCUT2D eigenvalue weighted by molar-refractivity contribution is 8.04. The predicted octanol–water partition coefficient (Wildman–Crippen LogP) is 2.98. The van der Waals surface area contributed by atoms with Crippen molar-refractivity contribution in [3.8, 4) is 0 Å². The molecule has 1 aliphatic carbocycles. The SMILES string of the molecule is C=C(Sc1nc2c(cc1N)C[C@@H](C)CC2)C(C)=O. The number of fused-ring (bicyclic) bond motifs is 1. The molecule has 1 aromatic heterocycles. The molecule has 0 spiro atoms. The molecular weight excluding hydrogens is 244 g/mol. The second-order valence-corrected chi connectivity index (χ2v) is 6.00. The number of allylic oxidation sites excluding steroid dienone is 1. The minimum absolute atomic E-state index is 0.0347. The summed E-state index contributed by atoms with van der Waals surface area (Å²) < 4.78 is 0. The van der Waals surface area contributed by atoms with Crippen molar-refractivity contribution in [2.45, 2.75) is 38.1 Å². The fourth-order valence-corrected chi connectivity index (χ4v) is 2.83. The van der Waals surface area contributed by atoms with Crippen molar-refractivity contribution in [3.05, 3.63) is 28.8 Å². The molecule has 0 radical (unpaired) electrons. The number of rotatable bonds is 3. The quantitative estimate of drug-likeness (QED) is 0.672. The Morgan fingerprint density at radius 3 is 3.00 bits per heavy atom. The average molecular weight is 262 g/mol. The molecule has 2 rings (SSSR count).